The lowest BCUT2D eigenvalue weighted by atomic mass is 10.3. The summed E-state index contributed by atoms with van der Waals surface area (Å²) in [7, 11) is 2.82. The van der Waals surface area contributed by atoms with Crippen molar-refractivity contribution in [2.45, 2.75) is 6.54 Å². The third kappa shape index (κ3) is 2.94. The van der Waals surface area contributed by atoms with Gasteiger partial charge in [0.25, 0.3) is 5.56 Å². The van der Waals surface area contributed by atoms with E-state index in [1.165, 1.54) is 23.2 Å². The number of para-hydroxylation sites is 1. The van der Waals surface area contributed by atoms with Crippen molar-refractivity contribution in [3.63, 3.8) is 0 Å². The van der Waals surface area contributed by atoms with Crippen LogP contribution in [0.4, 0.5) is 5.69 Å². The number of aromatic nitrogens is 4. The first kappa shape index (κ1) is 17.2. The first-order valence-electron chi connectivity index (χ1n) is 7.17. The summed E-state index contributed by atoms with van der Waals surface area (Å²) in [4.78, 5) is 40.7. The van der Waals surface area contributed by atoms with Crippen LogP contribution in [0.5, 0.6) is 0 Å². The normalized spacial score (nSPS) is 11.0. The molecule has 0 bridgehead atoms. The minimum absolute atomic E-state index is 0.0670. The molecule has 2 heterocycles. The van der Waals surface area contributed by atoms with Crippen LogP contribution < -0.4 is 16.6 Å². The van der Waals surface area contributed by atoms with Gasteiger partial charge in [-0.1, -0.05) is 23.7 Å². The summed E-state index contributed by atoms with van der Waals surface area (Å²) >= 11 is 12.1. The van der Waals surface area contributed by atoms with Crippen molar-refractivity contribution in [2.24, 2.45) is 14.1 Å². The summed E-state index contributed by atoms with van der Waals surface area (Å²) in [6.45, 7) is -0.256. The Morgan fingerprint density at radius 1 is 1.16 bits per heavy atom. The van der Waals surface area contributed by atoms with Crippen LogP contribution in [0, 0.1) is 0 Å². The van der Waals surface area contributed by atoms with Gasteiger partial charge in [-0.15, -0.1) is 0 Å². The van der Waals surface area contributed by atoms with Gasteiger partial charge in [0.05, 0.1) is 10.7 Å². The maximum Gasteiger partial charge on any atom is 0.332 e. The van der Waals surface area contributed by atoms with Gasteiger partial charge in [-0.05, 0) is 23.7 Å². The van der Waals surface area contributed by atoms with Crippen LogP contribution in [-0.2, 0) is 25.4 Å². The molecule has 25 heavy (non-hydrogen) atoms. The zero-order chi connectivity index (χ0) is 18.3. The van der Waals surface area contributed by atoms with Crippen molar-refractivity contribution < 1.29 is 4.79 Å². The van der Waals surface area contributed by atoms with E-state index in [1.807, 2.05) is 0 Å². The molecule has 0 aliphatic heterocycles. The van der Waals surface area contributed by atoms with E-state index in [9.17, 15) is 14.4 Å². The Hall–Kier alpha value is -2.58. The van der Waals surface area contributed by atoms with E-state index in [2.05, 4.69) is 10.3 Å². The van der Waals surface area contributed by atoms with Gasteiger partial charge in [0, 0.05) is 14.1 Å². The Bertz CT molecular complexity index is 1110. The van der Waals surface area contributed by atoms with E-state index in [0.29, 0.717) is 10.7 Å². The van der Waals surface area contributed by atoms with Gasteiger partial charge >= 0.3 is 5.69 Å². The number of nitrogens with one attached hydrogen (secondary N) is 1. The highest BCUT2D eigenvalue weighted by Gasteiger charge is 2.20. The second kappa shape index (κ2) is 6.38. The molecule has 1 amide bonds. The molecule has 0 aliphatic carbocycles. The fraction of sp³-hybridized carbons (Fsp3) is 0.200. The monoisotopic (exact) mass is 381 g/mol. The average molecular weight is 382 g/mol. The van der Waals surface area contributed by atoms with E-state index >= 15 is 0 Å². The fourth-order valence-electron chi connectivity index (χ4n) is 2.46. The van der Waals surface area contributed by atoms with Crippen molar-refractivity contribution in [2.75, 3.05) is 5.32 Å². The van der Waals surface area contributed by atoms with Gasteiger partial charge in [0.2, 0.25) is 11.2 Å². The predicted octanol–water partition coefficient (Wildman–Crippen LogP) is 1.38. The third-order valence-electron chi connectivity index (χ3n) is 3.75. The molecular weight excluding hydrogens is 369 g/mol. The van der Waals surface area contributed by atoms with Crippen molar-refractivity contribution in [3.8, 4) is 0 Å². The molecule has 0 saturated carbocycles. The molecule has 0 unspecified atom stereocenters. The highest BCUT2D eigenvalue weighted by atomic mass is 35.5. The maximum absolute atomic E-state index is 12.4. The predicted molar refractivity (Wildman–Crippen MR) is 95.3 cm³/mol. The number of halogens is 2. The van der Waals surface area contributed by atoms with Gasteiger partial charge in [0.1, 0.15) is 6.54 Å². The molecule has 1 aromatic carbocycles. The van der Waals surface area contributed by atoms with E-state index in [4.69, 9.17) is 23.2 Å². The zero-order valence-electron chi connectivity index (χ0n) is 13.3. The van der Waals surface area contributed by atoms with E-state index in [-0.39, 0.29) is 23.0 Å². The number of imidazole rings is 1. The summed E-state index contributed by atoms with van der Waals surface area (Å²) < 4.78 is 3.39. The molecule has 0 aliphatic rings. The number of amides is 1. The largest absolute Gasteiger partial charge is 0.332 e. The Morgan fingerprint density at radius 2 is 1.84 bits per heavy atom. The number of hydrogen-bond acceptors (Lipinski definition) is 4. The Labute approximate surface area is 151 Å². The quantitative estimate of drug-likeness (QED) is 0.693. The minimum atomic E-state index is -0.581. The first-order chi connectivity index (χ1) is 11.8. The first-order valence-corrected chi connectivity index (χ1v) is 7.93. The lowest BCUT2D eigenvalue weighted by Gasteiger charge is -2.09. The Kier molecular flexibility index (Phi) is 4.40. The summed E-state index contributed by atoms with van der Waals surface area (Å²) in [5.41, 5.74) is -0.482. The second-order valence-corrected chi connectivity index (χ2v) is 6.12. The molecule has 1 N–H and O–H groups in total. The zero-order valence-corrected chi connectivity index (χ0v) is 14.8. The molecule has 0 saturated heterocycles. The van der Waals surface area contributed by atoms with E-state index in [0.717, 1.165) is 4.57 Å². The number of carbonyl (C=O) groups excluding carboxylic acids is 1. The van der Waals surface area contributed by atoms with Crippen LogP contribution in [0.3, 0.4) is 0 Å². The molecule has 2 aromatic heterocycles. The Balaban J connectivity index is 2.04. The molecule has 0 spiro atoms. The summed E-state index contributed by atoms with van der Waals surface area (Å²) in [5.74, 6) is -0.440. The van der Waals surface area contributed by atoms with E-state index < -0.39 is 17.2 Å². The van der Waals surface area contributed by atoms with Gasteiger partial charge in [0.15, 0.2) is 11.2 Å². The van der Waals surface area contributed by atoms with E-state index in [1.54, 1.807) is 24.3 Å². The Morgan fingerprint density at radius 3 is 2.52 bits per heavy atom. The van der Waals surface area contributed by atoms with Crippen molar-refractivity contribution in [1.82, 2.24) is 18.7 Å². The highest BCUT2D eigenvalue weighted by molar-refractivity contribution is 6.33. The highest BCUT2D eigenvalue weighted by Crippen LogP contribution is 2.21. The molecule has 8 nitrogen and oxygen atoms in total. The summed E-state index contributed by atoms with van der Waals surface area (Å²) in [5, 5.41) is 2.96. The molecule has 0 fully saturated rings. The summed E-state index contributed by atoms with van der Waals surface area (Å²) in [6, 6.07) is 6.76. The average Bonchev–Trinajstić information content (AvgIpc) is 2.90. The topological polar surface area (TPSA) is 90.9 Å². The second-order valence-electron chi connectivity index (χ2n) is 5.37. The molecular formula is C15H13Cl2N5O3. The number of nitrogens with zero attached hydrogens (tertiary/aromatic N) is 4. The molecule has 0 radical (unpaired) electrons. The maximum atomic E-state index is 12.4. The lowest BCUT2D eigenvalue weighted by Crippen LogP contribution is -2.37. The smallest absolute Gasteiger partial charge is 0.323 e. The number of rotatable bonds is 3. The van der Waals surface area contributed by atoms with Gasteiger partial charge in [-0.25, -0.2) is 4.79 Å². The van der Waals surface area contributed by atoms with Crippen molar-refractivity contribution in [1.29, 1.82) is 0 Å². The van der Waals surface area contributed by atoms with Crippen molar-refractivity contribution in [3.05, 3.63) is 55.4 Å². The molecule has 130 valence electrons. The fourth-order valence-corrected chi connectivity index (χ4v) is 2.87. The number of aryl methyl sites for hydroxylation is 1. The number of benzene rings is 1. The minimum Gasteiger partial charge on any atom is -0.323 e. The van der Waals surface area contributed by atoms with Crippen LogP contribution in [-0.4, -0.2) is 24.6 Å². The number of hydrogen-bond donors (Lipinski definition) is 1. The standard InChI is InChI=1S/C15H13Cl2N5O3/c1-20-12-11(13(24)21(2)15(20)25)22(14(17)19-12)7-10(23)18-9-6-4-3-5-8(9)16/h3-6H,7H2,1-2H3,(H,18,23). The van der Waals surface area contributed by atoms with Crippen LogP contribution >= 0.6 is 23.2 Å². The van der Waals surface area contributed by atoms with Crippen LogP contribution in [0.15, 0.2) is 33.9 Å². The summed E-state index contributed by atoms with van der Waals surface area (Å²) in [6.07, 6.45) is 0. The molecule has 0 atom stereocenters. The van der Waals surface area contributed by atoms with Crippen LogP contribution in [0.25, 0.3) is 11.2 Å². The lowest BCUT2D eigenvalue weighted by molar-refractivity contribution is -0.116. The molecule has 3 aromatic rings. The van der Waals surface area contributed by atoms with Gasteiger partial charge in [-0.3, -0.25) is 23.3 Å². The van der Waals surface area contributed by atoms with Gasteiger partial charge in [-0.2, -0.15) is 4.98 Å². The molecule has 10 heteroatoms. The van der Waals surface area contributed by atoms with Crippen molar-refractivity contribution >= 4 is 46.0 Å². The number of carbonyl (C=O) groups is 1. The third-order valence-corrected chi connectivity index (χ3v) is 4.37. The van der Waals surface area contributed by atoms with Gasteiger partial charge < -0.3 is 5.32 Å². The number of fused-ring (bicyclic) bond motifs is 1. The SMILES string of the molecule is Cn1c(=O)c2c(nc(Cl)n2CC(=O)Nc2ccccc2Cl)n(C)c1=O. The van der Waals surface area contributed by atoms with Crippen LogP contribution in [0.1, 0.15) is 0 Å². The van der Waals surface area contributed by atoms with Crippen LogP contribution in [0.2, 0.25) is 10.3 Å². The number of anilines is 1. The molecule has 3 rings (SSSR count).